The number of aryl methyl sites for hydroxylation is 1. The van der Waals surface area contributed by atoms with E-state index in [1.165, 1.54) is 106 Å². The number of rotatable bonds is 24. The third kappa shape index (κ3) is 11.0. The van der Waals surface area contributed by atoms with Crippen LogP contribution in [0.5, 0.6) is 0 Å². The van der Waals surface area contributed by atoms with Crippen molar-refractivity contribution >= 4 is 41.7 Å². The van der Waals surface area contributed by atoms with Gasteiger partial charge in [-0.15, -0.1) is 0 Å². The first kappa shape index (κ1) is 41.1. The van der Waals surface area contributed by atoms with Crippen molar-refractivity contribution in [3.63, 3.8) is 0 Å². The average molecular weight is 809 g/mol. The zero-order valence-electron chi connectivity index (χ0n) is 30.7. The number of benzene rings is 1. The van der Waals surface area contributed by atoms with Crippen LogP contribution in [0.4, 0.5) is 0 Å². The molecular weight excluding hydrogens is 738 g/mol. The first-order chi connectivity index (χ1) is 21.5. The monoisotopic (exact) mass is 811 g/mol. The molecule has 2 atom stereocenters. The topological polar surface area (TPSA) is 37.4 Å². The number of hydrogen-bond acceptors (Lipinski definition) is 2. The SMILES string of the molecule is C=[C]([C@H]1CN(S(=O)(=O)c2ccc(C)cc2)C[C@@H]1[C](=C)[Sn]([CH2]CCC)([CH2]CCC)[CH2]CCC)[Ge]([CH2]CCC)([CH2]CCC)[CH2]CCC. The van der Waals surface area contributed by atoms with Gasteiger partial charge in [-0.25, -0.2) is 0 Å². The first-order valence-corrected chi connectivity index (χ1v) is 33.4. The molecule has 2 rings (SSSR count). The van der Waals surface area contributed by atoms with Crippen LogP contribution in [0.25, 0.3) is 0 Å². The maximum absolute atomic E-state index is 14.3. The van der Waals surface area contributed by atoms with Crippen molar-refractivity contribution in [3.05, 3.63) is 51.0 Å². The molecule has 1 fully saturated rings. The molecule has 1 saturated heterocycles. The van der Waals surface area contributed by atoms with Gasteiger partial charge in [0.15, 0.2) is 0 Å². The number of sulfonamides is 1. The van der Waals surface area contributed by atoms with Crippen LogP contribution in [0.1, 0.15) is 124 Å². The number of hydrogen-bond donors (Lipinski definition) is 0. The van der Waals surface area contributed by atoms with Crippen LogP contribution < -0.4 is 0 Å². The van der Waals surface area contributed by atoms with Gasteiger partial charge < -0.3 is 0 Å². The van der Waals surface area contributed by atoms with E-state index in [0.717, 1.165) is 5.56 Å². The quantitative estimate of drug-likeness (QED) is 0.0976. The van der Waals surface area contributed by atoms with Gasteiger partial charge in [-0.1, -0.05) is 0 Å². The van der Waals surface area contributed by atoms with Crippen molar-refractivity contribution in [2.75, 3.05) is 13.1 Å². The fraction of sp³-hybridized carbons (Fsp3) is 0.744. The summed E-state index contributed by atoms with van der Waals surface area (Å²) >= 11 is -5.40. The molecule has 0 bridgehead atoms. The van der Waals surface area contributed by atoms with E-state index < -0.39 is 41.7 Å². The van der Waals surface area contributed by atoms with E-state index in [0.29, 0.717) is 18.0 Å². The predicted octanol–water partition coefficient (Wildman–Crippen LogP) is 12.1. The van der Waals surface area contributed by atoms with E-state index in [2.05, 4.69) is 41.5 Å². The molecule has 0 unspecified atom stereocenters. The number of nitrogens with zero attached hydrogens (tertiary/aromatic N) is 1. The van der Waals surface area contributed by atoms with Crippen LogP contribution in [0.2, 0.25) is 29.1 Å². The molecule has 0 amide bonds. The second kappa shape index (κ2) is 20.5. The van der Waals surface area contributed by atoms with Gasteiger partial charge in [0.05, 0.1) is 0 Å². The van der Waals surface area contributed by atoms with E-state index in [1.807, 2.05) is 35.5 Å². The molecule has 0 N–H and O–H groups in total. The first-order valence-electron chi connectivity index (χ1n) is 19.0. The fourth-order valence-electron chi connectivity index (χ4n) is 8.12. The van der Waals surface area contributed by atoms with Crippen molar-refractivity contribution in [3.8, 4) is 0 Å². The Morgan fingerprint density at radius 2 is 1.11 bits per heavy atom. The van der Waals surface area contributed by atoms with Crippen molar-refractivity contribution in [1.82, 2.24) is 4.31 Å². The molecule has 1 aliphatic heterocycles. The van der Waals surface area contributed by atoms with Crippen LogP contribution in [-0.2, 0) is 10.0 Å². The molecular formula is C39H71GeNO2SSn. The molecule has 6 heteroatoms. The van der Waals surface area contributed by atoms with E-state index in [9.17, 15) is 8.42 Å². The summed E-state index contributed by atoms with van der Waals surface area (Å²) in [5.41, 5.74) is 1.09. The zero-order valence-corrected chi connectivity index (χ0v) is 36.5. The molecule has 1 aromatic rings. The fourth-order valence-corrected chi connectivity index (χ4v) is 38.7. The Kier molecular flexibility index (Phi) is 18.7. The van der Waals surface area contributed by atoms with Gasteiger partial charge in [-0.3, -0.25) is 0 Å². The molecule has 1 aliphatic rings. The summed E-state index contributed by atoms with van der Waals surface area (Å²) in [6.07, 6.45) is 15.2. The van der Waals surface area contributed by atoms with Gasteiger partial charge in [0.25, 0.3) is 0 Å². The van der Waals surface area contributed by atoms with Crippen molar-refractivity contribution in [2.24, 2.45) is 11.8 Å². The summed E-state index contributed by atoms with van der Waals surface area (Å²) in [6, 6.07) is 7.52. The molecule has 1 heterocycles. The molecule has 45 heavy (non-hydrogen) atoms. The Hall–Kier alpha value is -0.0484. The number of unbranched alkanes of at least 4 members (excludes halogenated alkanes) is 6. The second-order valence-corrected chi connectivity index (χ2v) is 39.8. The molecule has 0 aromatic heterocycles. The van der Waals surface area contributed by atoms with Gasteiger partial charge in [-0.2, -0.15) is 0 Å². The van der Waals surface area contributed by atoms with Gasteiger partial charge in [0.1, 0.15) is 0 Å². The van der Waals surface area contributed by atoms with E-state index in [4.69, 9.17) is 13.2 Å². The predicted molar refractivity (Wildman–Crippen MR) is 205 cm³/mol. The summed E-state index contributed by atoms with van der Waals surface area (Å²) in [6.45, 7) is 27.5. The Balaban J connectivity index is 2.72. The summed E-state index contributed by atoms with van der Waals surface area (Å²) in [5.74, 6) is 0.484. The van der Waals surface area contributed by atoms with Gasteiger partial charge in [0.2, 0.25) is 0 Å². The minimum atomic E-state index is -3.59. The van der Waals surface area contributed by atoms with Crippen LogP contribution in [0.3, 0.4) is 0 Å². The average Bonchev–Trinajstić information content (AvgIpc) is 3.50. The van der Waals surface area contributed by atoms with Crippen molar-refractivity contribution < 1.29 is 8.42 Å². The standard InChI is InChI=1S/C27H44GeNO2S.3C4H9.Sn/c1-7-11-18-28(19-12-8-2,20-13-9-3)24(6)27-22-29(21-25(27)10-4)32(30,31)26-16-14-23(5)15-17-26;3*1-3-4-2;/h14-17,25,27H,4,6-9,11-13,18-22H2,1-3,5H3;3*1,3-4H2,2H3;/t25-,27+;;;;/m0..../s1. The molecule has 0 saturated carbocycles. The molecule has 3 nitrogen and oxygen atoms in total. The Bertz CT molecular complexity index is 1040. The Morgan fingerprint density at radius 1 is 0.711 bits per heavy atom. The van der Waals surface area contributed by atoms with Crippen LogP contribution in [0, 0.1) is 18.8 Å². The van der Waals surface area contributed by atoms with Crippen LogP contribution >= 0.6 is 0 Å². The Morgan fingerprint density at radius 3 is 1.51 bits per heavy atom. The summed E-state index contributed by atoms with van der Waals surface area (Å²) < 4.78 is 37.8. The molecule has 1 aromatic carbocycles. The normalized spacial score (nSPS) is 18.0. The summed E-state index contributed by atoms with van der Waals surface area (Å²) in [7, 11) is -3.59. The Labute approximate surface area is 287 Å². The molecule has 0 spiro atoms. The summed E-state index contributed by atoms with van der Waals surface area (Å²) in [4.78, 5) is 0.442. The second-order valence-electron chi connectivity index (χ2n) is 14.6. The summed E-state index contributed by atoms with van der Waals surface area (Å²) in [5, 5.41) is 4.10. The third-order valence-corrected chi connectivity index (χ3v) is 41.2. The minimum absolute atomic E-state index is 0.240. The third-order valence-electron chi connectivity index (χ3n) is 11.3. The van der Waals surface area contributed by atoms with E-state index in [-0.39, 0.29) is 11.8 Å². The zero-order chi connectivity index (χ0) is 33.5. The van der Waals surface area contributed by atoms with E-state index in [1.54, 1.807) is 7.99 Å². The maximum atomic E-state index is 14.3. The van der Waals surface area contributed by atoms with Crippen LogP contribution in [-0.4, -0.2) is 57.5 Å². The van der Waals surface area contributed by atoms with Gasteiger partial charge >= 0.3 is 290 Å². The van der Waals surface area contributed by atoms with Crippen molar-refractivity contribution in [2.45, 2.75) is 159 Å². The van der Waals surface area contributed by atoms with Gasteiger partial charge in [-0.05, 0) is 0 Å². The molecule has 0 radical (unpaired) electrons. The molecule has 0 aliphatic carbocycles. The van der Waals surface area contributed by atoms with Crippen molar-refractivity contribution in [1.29, 1.82) is 0 Å². The van der Waals surface area contributed by atoms with Gasteiger partial charge in [0, 0.05) is 0 Å². The van der Waals surface area contributed by atoms with Crippen LogP contribution in [0.15, 0.2) is 50.3 Å². The van der Waals surface area contributed by atoms with E-state index >= 15 is 0 Å². The molecule has 258 valence electrons.